The Kier molecular flexibility index (Phi) is 8.89. The van der Waals surface area contributed by atoms with Gasteiger partial charge in [-0.2, -0.15) is 0 Å². The number of fused-ring (bicyclic) bond motifs is 1. The Labute approximate surface area is 205 Å². The molecule has 0 bridgehead atoms. The van der Waals surface area contributed by atoms with E-state index in [0.717, 1.165) is 10.9 Å². The summed E-state index contributed by atoms with van der Waals surface area (Å²) in [6.45, 7) is 7.90. The van der Waals surface area contributed by atoms with Gasteiger partial charge in [0.05, 0.1) is 0 Å². The van der Waals surface area contributed by atoms with E-state index in [1.54, 1.807) is 12.1 Å². The maximum atomic E-state index is 12.9. The number of ether oxygens (including phenoxy) is 1. The van der Waals surface area contributed by atoms with Crippen molar-refractivity contribution in [1.82, 2.24) is 16.0 Å². The number of hydrogen-bond donors (Lipinski definition) is 3. The number of hydrogen-bond acceptors (Lipinski definition) is 5. The minimum atomic E-state index is -0.780. The number of carbonyl (C=O) groups excluding carboxylic acids is 3. The first-order valence-corrected chi connectivity index (χ1v) is 11.8. The molecule has 35 heavy (non-hydrogen) atoms. The highest BCUT2D eigenvalue weighted by Crippen LogP contribution is 2.19. The molecule has 2 aromatic carbocycles. The molecule has 0 spiro atoms. The van der Waals surface area contributed by atoms with Gasteiger partial charge in [0.15, 0.2) is 5.76 Å². The van der Waals surface area contributed by atoms with Crippen LogP contribution in [0.3, 0.4) is 0 Å². The van der Waals surface area contributed by atoms with Crippen LogP contribution < -0.4 is 16.0 Å². The Balaban J connectivity index is 1.54. The van der Waals surface area contributed by atoms with E-state index < -0.39 is 12.1 Å². The third kappa shape index (κ3) is 7.34. The van der Waals surface area contributed by atoms with Crippen LogP contribution in [-0.2, 0) is 16.1 Å². The second kappa shape index (κ2) is 12.1. The first kappa shape index (κ1) is 25.8. The average molecular weight is 480 g/mol. The minimum Gasteiger partial charge on any atom is -0.451 e. The van der Waals surface area contributed by atoms with Crippen LogP contribution in [0.4, 0.5) is 4.79 Å². The van der Waals surface area contributed by atoms with E-state index in [0.29, 0.717) is 5.58 Å². The minimum absolute atomic E-state index is 0.0462. The van der Waals surface area contributed by atoms with E-state index in [-0.39, 0.29) is 48.6 Å². The summed E-state index contributed by atoms with van der Waals surface area (Å²) in [5, 5.41) is 9.28. The van der Waals surface area contributed by atoms with Crippen molar-refractivity contribution in [2.24, 2.45) is 11.8 Å². The summed E-state index contributed by atoms with van der Waals surface area (Å²) in [6, 6.07) is 17.3. The summed E-state index contributed by atoms with van der Waals surface area (Å²) in [7, 11) is 0. The van der Waals surface area contributed by atoms with Gasteiger partial charge in [-0.25, -0.2) is 4.79 Å². The molecule has 3 amide bonds. The van der Waals surface area contributed by atoms with Crippen molar-refractivity contribution in [3.63, 3.8) is 0 Å². The highest BCUT2D eigenvalue weighted by atomic mass is 16.5. The van der Waals surface area contributed by atoms with Gasteiger partial charge >= 0.3 is 6.09 Å². The molecule has 0 radical (unpaired) electrons. The molecule has 8 heteroatoms. The van der Waals surface area contributed by atoms with Crippen LogP contribution in [0.15, 0.2) is 65.1 Å². The quantitative estimate of drug-likeness (QED) is 0.403. The smallest absolute Gasteiger partial charge is 0.408 e. The predicted molar refractivity (Wildman–Crippen MR) is 134 cm³/mol. The highest BCUT2D eigenvalue weighted by molar-refractivity contribution is 5.96. The second-order valence-electron chi connectivity index (χ2n) is 9.15. The average Bonchev–Trinajstić information content (AvgIpc) is 3.28. The number of amides is 3. The maximum absolute atomic E-state index is 12.9. The van der Waals surface area contributed by atoms with Crippen molar-refractivity contribution in [1.29, 1.82) is 0 Å². The van der Waals surface area contributed by atoms with E-state index in [1.165, 1.54) is 0 Å². The third-order valence-corrected chi connectivity index (χ3v) is 5.70. The molecule has 1 heterocycles. The molecule has 0 saturated carbocycles. The van der Waals surface area contributed by atoms with Gasteiger partial charge in [0, 0.05) is 18.0 Å². The molecule has 0 aliphatic heterocycles. The molecule has 0 fully saturated rings. The summed E-state index contributed by atoms with van der Waals surface area (Å²) in [5.74, 6) is -0.602. The molecule has 8 nitrogen and oxygen atoms in total. The number of carbonyl (C=O) groups is 3. The van der Waals surface area contributed by atoms with E-state index in [2.05, 4.69) is 16.0 Å². The van der Waals surface area contributed by atoms with Crippen LogP contribution >= 0.6 is 0 Å². The fraction of sp³-hybridized carbons (Fsp3) is 0.370. The van der Waals surface area contributed by atoms with Crippen molar-refractivity contribution in [2.75, 3.05) is 6.54 Å². The largest absolute Gasteiger partial charge is 0.451 e. The summed E-state index contributed by atoms with van der Waals surface area (Å²) in [6.07, 6.45) is -0.665. The lowest BCUT2D eigenvalue weighted by molar-refractivity contribution is -0.124. The summed E-state index contributed by atoms with van der Waals surface area (Å²) < 4.78 is 10.9. The molecule has 3 aromatic rings. The molecule has 1 unspecified atom stereocenters. The molecule has 0 aliphatic rings. The summed E-state index contributed by atoms with van der Waals surface area (Å²) in [4.78, 5) is 37.9. The van der Waals surface area contributed by atoms with Crippen LogP contribution in [0.1, 0.15) is 43.8 Å². The second-order valence-corrected chi connectivity index (χ2v) is 9.15. The molecule has 2 atom stereocenters. The topological polar surface area (TPSA) is 110 Å². The number of para-hydroxylation sites is 1. The number of alkyl carbamates (subject to hydrolysis) is 1. The van der Waals surface area contributed by atoms with E-state index in [1.807, 2.05) is 76.2 Å². The van der Waals surface area contributed by atoms with E-state index in [4.69, 9.17) is 9.15 Å². The number of nitrogens with one attached hydrogen (secondary N) is 3. The normalized spacial score (nSPS) is 12.9. The van der Waals surface area contributed by atoms with Crippen molar-refractivity contribution < 1.29 is 23.5 Å². The molecule has 3 N–H and O–H groups in total. The van der Waals surface area contributed by atoms with Gasteiger partial charge in [-0.15, -0.1) is 0 Å². The lowest BCUT2D eigenvalue weighted by atomic mass is 10.0. The molecule has 1 aromatic heterocycles. The Morgan fingerprint density at radius 3 is 2.23 bits per heavy atom. The number of rotatable bonds is 10. The Hall–Kier alpha value is -3.81. The summed E-state index contributed by atoms with van der Waals surface area (Å²) >= 11 is 0. The van der Waals surface area contributed by atoms with Crippen molar-refractivity contribution in [3.8, 4) is 0 Å². The van der Waals surface area contributed by atoms with Crippen molar-refractivity contribution >= 4 is 28.9 Å². The maximum Gasteiger partial charge on any atom is 0.408 e. The van der Waals surface area contributed by atoms with Crippen molar-refractivity contribution in [3.05, 3.63) is 72.0 Å². The molecule has 3 rings (SSSR count). The standard InChI is InChI=1S/C27H33N3O5/c1-17(2)21(29-25(31)23-14-20-12-8-9-13-22(20)35-23)15-28-26(32)24(18(3)4)30-27(33)34-16-19-10-6-5-7-11-19/h5-14,17-18,21,24H,15-16H2,1-4H3,(H,28,32)(H,29,31)(H,30,33)/t21-,24?/m1/s1. The van der Waals surface area contributed by atoms with Crippen molar-refractivity contribution in [2.45, 2.75) is 46.4 Å². The zero-order valence-corrected chi connectivity index (χ0v) is 20.5. The molecule has 0 aliphatic carbocycles. The monoisotopic (exact) mass is 479 g/mol. The van der Waals surface area contributed by atoms with E-state index >= 15 is 0 Å². The molecular weight excluding hydrogens is 446 g/mol. The van der Waals surface area contributed by atoms with Crippen LogP contribution in [0.2, 0.25) is 0 Å². The zero-order chi connectivity index (χ0) is 25.4. The van der Waals surface area contributed by atoms with Crippen LogP contribution in [-0.4, -0.2) is 36.5 Å². The first-order chi connectivity index (χ1) is 16.7. The lowest BCUT2D eigenvalue weighted by Crippen LogP contribution is -2.53. The summed E-state index contributed by atoms with van der Waals surface area (Å²) in [5.41, 5.74) is 1.49. The van der Waals surface area contributed by atoms with Crippen LogP contribution in [0, 0.1) is 11.8 Å². The Morgan fingerprint density at radius 1 is 0.886 bits per heavy atom. The van der Waals surface area contributed by atoms with Gasteiger partial charge in [0.1, 0.15) is 18.2 Å². The van der Waals surface area contributed by atoms with Gasteiger partial charge in [-0.3, -0.25) is 9.59 Å². The van der Waals surface area contributed by atoms with Crippen LogP contribution in [0.25, 0.3) is 11.0 Å². The fourth-order valence-electron chi connectivity index (χ4n) is 3.53. The van der Waals surface area contributed by atoms with Gasteiger partial charge in [-0.05, 0) is 29.5 Å². The van der Waals surface area contributed by atoms with Crippen LogP contribution in [0.5, 0.6) is 0 Å². The van der Waals surface area contributed by atoms with Gasteiger partial charge in [-0.1, -0.05) is 76.2 Å². The number of benzene rings is 2. The SMILES string of the molecule is CC(C)C(NC(=O)OCc1ccccc1)C(=O)NC[C@@H](NC(=O)c1cc2ccccc2o1)C(C)C. The molecule has 0 saturated heterocycles. The van der Waals surface area contributed by atoms with E-state index in [9.17, 15) is 14.4 Å². The Morgan fingerprint density at radius 2 is 1.57 bits per heavy atom. The molecule has 186 valence electrons. The lowest BCUT2D eigenvalue weighted by Gasteiger charge is -2.25. The Bertz CT molecular complexity index is 1110. The molecular formula is C27H33N3O5. The third-order valence-electron chi connectivity index (χ3n) is 5.70. The zero-order valence-electron chi connectivity index (χ0n) is 20.5. The first-order valence-electron chi connectivity index (χ1n) is 11.8. The van der Waals surface area contributed by atoms with Gasteiger partial charge in [0.2, 0.25) is 5.91 Å². The predicted octanol–water partition coefficient (Wildman–Crippen LogP) is 4.25. The number of furan rings is 1. The fourth-order valence-corrected chi connectivity index (χ4v) is 3.53. The van der Waals surface area contributed by atoms with Gasteiger partial charge in [0.25, 0.3) is 5.91 Å². The van der Waals surface area contributed by atoms with Gasteiger partial charge < -0.3 is 25.1 Å². The highest BCUT2D eigenvalue weighted by Gasteiger charge is 2.27.